The molecule has 0 fully saturated rings. The molecule has 2 aromatic heterocycles. The van der Waals surface area contributed by atoms with Crippen molar-refractivity contribution in [3.63, 3.8) is 0 Å². The molecule has 0 saturated heterocycles. The van der Waals surface area contributed by atoms with Crippen molar-refractivity contribution >= 4 is 39.0 Å². The Morgan fingerprint density at radius 3 is 2.82 bits per heavy atom. The largest absolute Gasteiger partial charge is 0.465 e. The van der Waals surface area contributed by atoms with Crippen LogP contribution in [0.3, 0.4) is 0 Å². The van der Waals surface area contributed by atoms with Crippen molar-refractivity contribution in [2.24, 2.45) is 0 Å². The van der Waals surface area contributed by atoms with Crippen molar-refractivity contribution < 1.29 is 13.9 Å². The van der Waals surface area contributed by atoms with E-state index in [0.717, 1.165) is 26.1 Å². The highest BCUT2D eigenvalue weighted by Crippen LogP contribution is 2.35. The van der Waals surface area contributed by atoms with Gasteiger partial charge in [0.1, 0.15) is 5.82 Å². The molecule has 0 bridgehead atoms. The molecule has 4 aromatic rings. The number of methoxy groups -OCH3 is 1. The SMILES string of the molecule is COC(=O)c1ccnc(-c2cccc3cc(Cc4cc(F)cc(Cl)c4)sc23)c1. The number of aromatic nitrogens is 1. The predicted molar refractivity (Wildman–Crippen MR) is 111 cm³/mol. The number of fused-ring (bicyclic) bond motifs is 1. The van der Waals surface area contributed by atoms with Crippen LogP contribution in [-0.4, -0.2) is 18.1 Å². The molecule has 0 radical (unpaired) electrons. The van der Waals surface area contributed by atoms with Gasteiger partial charge in [-0.05, 0) is 47.3 Å². The fourth-order valence-corrected chi connectivity index (χ4v) is 4.60. The zero-order valence-corrected chi connectivity index (χ0v) is 16.5. The molecule has 2 heterocycles. The number of esters is 1. The maximum absolute atomic E-state index is 13.6. The normalized spacial score (nSPS) is 11.0. The van der Waals surface area contributed by atoms with Crippen molar-refractivity contribution in [1.82, 2.24) is 4.98 Å². The quantitative estimate of drug-likeness (QED) is 0.379. The number of hydrogen-bond acceptors (Lipinski definition) is 4. The molecule has 6 heteroatoms. The van der Waals surface area contributed by atoms with Gasteiger partial charge < -0.3 is 4.74 Å². The zero-order valence-electron chi connectivity index (χ0n) is 14.9. The lowest BCUT2D eigenvalue weighted by Crippen LogP contribution is -2.01. The molecule has 0 atom stereocenters. The number of benzene rings is 2. The van der Waals surface area contributed by atoms with Gasteiger partial charge in [-0.15, -0.1) is 11.3 Å². The van der Waals surface area contributed by atoms with E-state index in [1.54, 1.807) is 35.7 Å². The van der Waals surface area contributed by atoms with E-state index in [1.165, 1.54) is 19.2 Å². The lowest BCUT2D eigenvalue weighted by molar-refractivity contribution is 0.0600. The van der Waals surface area contributed by atoms with Crippen LogP contribution in [0.5, 0.6) is 0 Å². The molecule has 3 nitrogen and oxygen atoms in total. The molecule has 0 saturated carbocycles. The summed E-state index contributed by atoms with van der Waals surface area (Å²) >= 11 is 7.59. The third-order valence-electron chi connectivity index (χ3n) is 4.35. The van der Waals surface area contributed by atoms with Gasteiger partial charge in [-0.1, -0.05) is 29.8 Å². The Hall–Kier alpha value is -2.76. The van der Waals surface area contributed by atoms with E-state index in [-0.39, 0.29) is 5.82 Å². The Morgan fingerprint density at radius 1 is 1.18 bits per heavy atom. The van der Waals surface area contributed by atoms with Crippen molar-refractivity contribution in [3.05, 3.63) is 87.6 Å². The maximum Gasteiger partial charge on any atom is 0.337 e. The lowest BCUT2D eigenvalue weighted by atomic mass is 10.1. The van der Waals surface area contributed by atoms with Crippen LogP contribution in [0.1, 0.15) is 20.8 Å². The average molecular weight is 412 g/mol. The monoisotopic (exact) mass is 411 g/mol. The van der Waals surface area contributed by atoms with E-state index in [2.05, 4.69) is 11.1 Å². The number of rotatable bonds is 4. The van der Waals surface area contributed by atoms with Crippen molar-refractivity contribution in [2.75, 3.05) is 7.11 Å². The Kier molecular flexibility index (Phi) is 5.11. The highest BCUT2D eigenvalue weighted by atomic mass is 35.5. The first-order chi connectivity index (χ1) is 13.5. The molecule has 0 aliphatic rings. The van der Waals surface area contributed by atoms with E-state index in [0.29, 0.717) is 22.7 Å². The number of pyridine rings is 1. The number of ether oxygens (including phenoxy) is 1. The summed E-state index contributed by atoms with van der Waals surface area (Å²) in [5, 5.41) is 1.46. The lowest BCUT2D eigenvalue weighted by Gasteiger charge is -2.05. The summed E-state index contributed by atoms with van der Waals surface area (Å²) in [6, 6.07) is 16.0. The van der Waals surface area contributed by atoms with E-state index in [1.807, 2.05) is 18.2 Å². The van der Waals surface area contributed by atoms with Crippen LogP contribution in [0.2, 0.25) is 5.02 Å². The minimum atomic E-state index is -0.398. The third-order valence-corrected chi connectivity index (χ3v) is 5.76. The minimum Gasteiger partial charge on any atom is -0.465 e. The van der Waals surface area contributed by atoms with Gasteiger partial charge in [0.2, 0.25) is 0 Å². The van der Waals surface area contributed by atoms with Crippen LogP contribution >= 0.6 is 22.9 Å². The van der Waals surface area contributed by atoms with E-state index < -0.39 is 5.97 Å². The van der Waals surface area contributed by atoms with Crippen molar-refractivity contribution in [1.29, 1.82) is 0 Å². The number of thiophene rings is 1. The maximum atomic E-state index is 13.6. The van der Waals surface area contributed by atoms with Crippen LogP contribution < -0.4 is 0 Å². The fraction of sp³-hybridized carbons (Fsp3) is 0.0909. The summed E-state index contributed by atoms with van der Waals surface area (Å²) in [5.74, 6) is -0.737. The first-order valence-corrected chi connectivity index (χ1v) is 9.74. The molecule has 4 rings (SSSR count). The molecule has 0 N–H and O–H groups in total. The summed E-state index contributed by atoms with van der Waals surface area (Å²) < 4.78 is 19.5. The molecule has 0 aliphatic heterocycles. The van der Waals surface area contributed by atoms with Crippen LogP contribution in [0.25, 0.3) is 21.3 Å². The number of halogens is 2. The molecular weight excluding hydrogens is 397 g/mol. The Morgan fingerprint density at radius 2 is 2.04 bits per heavy atom. The van der Waals surface area contributed by atoms with Gasteiger partial charge in [0.25, 0.3) is 0 Å². The fourth-order valence-electron chi connectivity index (χ4n) is 3.14. The molecular formula is C22H15ClFNO2S. The smallest absolute Gasteiger partial charge is 0.337 e. The molecule has 2 aromatic carbocycles. The second kappa shape index (κ2) is 7.70. The second-order valence-electron chi connectivity index (χ2n) is 6.31. The first kappa shape index (κ1) is 18.6. The van der Waals surface area contributed by atoms with Crippen molar-refractivity contribution in [3.8, 4) is 11.3 Å². The van der Waals surface area contributed by atoms with Crippen LogP contribution in [0.4, 0.5) is 4.39 Å². The average Bonchev–Trinajstić information content (AvgIpc) is 3.08. The van der Waals surface area contributed by atoms with Crippen LogP contribution in [0.15, 0.2) is 60.8 Å². The van der Waals surface area contributed by atoms with E-state index in [9.17, 15) is 9.18 Å². The summed E-state index contributed by atoms with van der Waals surface area (Å²) in [5.41, 5.74) is 2.92. The van der Waals surface area contributed by atoms with Crippen LogP contribution in [0, 0.1) is 5.82 Å². The van der Waals surface area contributed by atoms with Gasteiger partial charge in [0.05, 0.1) is 18.4 Å². The van der Waals surface area contributed by atoms with Gasteiger partial charge >= 0.3 is 5.97 Å². The summed E-state index contributed by atoms with van der Waals surface area (Å²) in [6.07, 6.45) is 2.19. The van der Waals surface area contributed by atoms with E-state index >= 15 is 0 Å². The van der Waals surface area contributed by atoms with Gasteiger partial charge in [-0.2, -0.15) is 0 Å². The second-order valence-corrected chi connectivity index (χ2v) is 7.89. The zero-order chi connectivity index (χ0) is 19.7. The number of carbonyl (C=O) groups is 1. The Labute approximate surface area is 170 Å². The molecule has 0 amide bonds. The third kappa shape index (κ3) is 3.77. The summed E-state index contributed by atoms with van der Waals surface area (Å²) in [6.45, 7) is 0. The number of carbonyl (C=O) groups excluding carboxylic acids is 1. The highest BCUT2D eigenvalue weighted by Gasteiger charge is 2.13. The number of hydrogen-bond donors (Lipinski definition) is 0. The predicted octanol–water partition coefficient (Wildman–Crippen LogP) is 6.13. The topological polar surface area (TPSA) is 39.2 Å². The molecule has 140 valence electrons. The van der Waals surface area contributed by atoms with E-state index in [4.69, 9.17) is 16.3 Å². The first-order valence-electron chi connectivity index (χ1n) is 8.54. The van der Waals surface area contributed by atoms with Crippen molar-refractivity contribution in [2.45, 2.75) is 6.42 Å². The van der Waals surface area contributed by atoms with Gasteiger partial charge in [-0.3, -0.25) is 4.98 Å². The molecule has 0 aliphatic carbocycles. The highest BCUT2D eigenvalue weighted by molar-refractivity contribution is 7.19. The number of nitrogens with zero attached hydrogens (tertiary/aromatic N) is 1. The minimum absolute atomic E-state index is 0.340. The summed E-state index contributed by atoms with van der Waals surface area (Å²) in [4.78, 5) is 17.3. The Balaban J connectivity index is 1.74. The standard InChI is InChI=1S/C22H15ClFNO2S/c1-27-22(26)15-5-6-25-20(11-15)19-4-2-3-14-10-18(28-21(14)19)9-13-7-16(23)12-17(24)8-13/h2-8,10-12H,9H2,1H3. The van der Waals surface area contributed by atoms with Gasteiger partial charge in [0, 0.05) is 32.8 Å². The molecule has 28 heavy (non-hydrogen) atoms. The molecule has 0 unspecified atom stereocenters. The molecule has 0 spiro atoms. The Bertz CT molecular complexity index is 1170. The van der Waals surface area contributed by atoms with Gasteiger partial charge in [0.15, 0.2) is 0 Å². The van der Waals surface area contributed by atoms with Gasteiger partial charge in [-0.25, -0.2) is 9.18 Å². The van der Waals surface area contributed by atoms with Crippen LogP contribution in [-0.2, 0) is 11.2 Å². The summed E-state index contributed by atoms with van der Waals surface area (Å²) in [7, 11) is 1.35.